The number of hydrogen-bond acceptors (Lipinski definition) is 9. The number of nitrogens with one attached hydrogen (secondary N) is 1. The van der Waals surface area contributed by atoms with Crippen LogP contribution < -0.4 is 10.1 Å². The molecule has 0 radical (unpaired) electrons. The molecule has 10 nitrogen and oxygen atoms in total. The second kappa shape index (κ2) is 7.06. The molecule has 128 valence electrons. The molecule has 5 unspecified atom stereocenters. The van der Waals surface area contributed by atoms with Crippen LogP contribution in [0.1, 0.15) is 0 Å². The molecular formula is C13H18N2O8. The summed E-state index contributed by atoms with van der Waals surface area (Å²) in [6.07, 6.45) is -6.98. The van der Waals surface area contributed by atoms with Gasteiger partial charge in [-0.05, 0) is 12.1 Å². The van der Waals surface area contributed by atoms with Gasteiger partial charge in [0.1, 0.15) is 35.9 Å². The lowest BCUT2D eigenvalue weighted by molar-refractivity contribution is -0.384. The molecule has 1 aromatic carbocycles. The van der Waals surface area contributed by atoms with Crippen molar-refractivity contribution in [3.8, 4) is 5.75 Å². The van der Waals surface area contributed by atoms with E-state index in [4.69, 9.17) is 14.6 Å². The Balaban J connectivity index is 2.25. The lowest BCUT2D eigenvalue weighted by Gasteiger charge is -2.40. The van der Waals surface area contributed by atoms with Gasteiger partial charge in [0.15, 0.2) is 6.23 Å². The smallest absolute Gasteiger partial charge is 0.296 e. The molecule has 1 heterocycles. The highest BCUT2D eigenvalue weighted by Gasteiger charge is 2.43. The van der Waals surface area contributed by atoms with Crippen molar-refractivity contribution >= 4 is 11.4 Å². The van der Waals surface area contributed by atoms with Crippen LogP contribution in [0.2, 0.25) is 0 Å². The van der Waals surface area contributed by atoms with E-state index in [0.717, 1.165) is 0 Å². The van der Waals surface area contributed by atoms with E-state index < -0.39 is 42.2 Å². The van der Waals surface area contributed by atoms with E-state index in [1.165, 1.54) is 25.3 Å². The minimum atomic E-state index is -1.57. The minimum Gasteiger partial charge on any atom is -0.496 e. The van der Waals surface area contributed by atoms with Crippen molar-refractivity contribution in [3.63, 3.8) is 0 Å². The number of hydrogen-bond donors (Lipinski definition) is 5. The van der Waals surface area contributed by atoms with Gasteiger partial charge in [-0.15, -0.1) is 0 Å². The first kappa shape index (κ1) is 17.4. The highest BCUT2D eigenvalue weighted by Crippen LogP contribution is 2.31. The quantitative estimate of drug-likeness (QED) is 0.331. The number of rotatable bonds is 5. The van der Waals surface area contributed by atoms with E-state index in [2.05, 4.69) is 5.32 Å². The molecule has 1 aromatic rings. The fraction of sp³-hybridized carbons (Fsp3) is 0.538. The number of nitro benzene ring substituents is 1. The number of ether oxygens (including phenoxy) is 2. The summed E-state index contributed by atoms with van der Waals surface area (Å²) in [6.45, 7) is -0.589. The molecular weight excluding hydrogens is 312 g/mol. The third kappa shape index (κ3) is 3.51. The van der Waals surface area contributed by atoms with E-state index in [1.54, 1.807) is 0 Å². The molecule has 0 saturated carbocycles. The van der Waals surface area contributed by atoms with Crippen molar-refractivity contribution in [1.29, 1.82) is 0 Å². The predicted octanol–water partition coefficient (Wildman–Crippen LogP) is -1.18. The average Bonchev–Trinajstić information content (AvgIpc) is 2.55. The Bertz CT molecular complexity index is 567. The zero-order valence-corrected chi connectivity index (χ0v) is 12.2. The van der Waals surface area contributed by atoms with Gasteiger partial charge in [-0.3, -0.25) is 10.1 Å². The predicted molar refractivity (Wildman–Crippen MR) is 77.0 cm³/mol. The van der Waals surface area contributed by atoms with E-state index in [1.807, 2.05) is 0 Å². The van der Waals surface area contributed by atoms with Crippen molar-refractivity contribution in [3.05, 3.63) is 28.3 Å². The van der Waals surface area contributed by atoms with Gasteiger partial charge < -0.3 is 35.2 Å². The van der Waals surface area contributed by atoms with Crippen molar-refractivity contribution < 1.29 is 34.8 Å². The fourth-order valence-corrected chi connectivity index (χ4v) is 2.29. The second-order valence-corrected chi connectivity index (χ2v) is 5.03. The van der Waals surface area contributed by atoms with Gasteiger partial charge in [-0.1, -0.05) is 0 Å². The van der Waals surface area contributed by atoms with Crippen LogP contribution in [-0.4, -0.2) is 69.7 Å². The molecule has 0 aromatic heterocycles. The van der Waals surface area contributed by atoms with Gasteiger partial charge in [0.2, 0.25) is 0 Å². The van der Waals surface area contributed by atoms with Gasteiger partial charge >= 0.3 is 0 Å². The lowest BCUT2D eigenvalue weighted by Crippen LogP contribution is -2.60. The summed E-state index contributed by atoms with van der Waals surface area (Å²) in [5.41, 5.74) is -0.290. The summed E-state index contributed by atoms with van der Waals surface area (Å²) in [5.74, 6) is 0.274. The molecule has 1 aliphatic heterocycles. The summed E-state index contributed by atoms with van der Waals surface area (Å²) < 4.78 is 10.2. The van der Waals surface area contributed by atoms with Crippen LogP contribution in [0.3, 0.4) is 0 Å². The van der Waals surface area contributed by atoms with Crippen LogP contribution in [0.5, 0.6) is 5.75 Å². The maximum Gasteiger partial charge on any atom is 0.296 e. The Kier molecular flexibility index (Phi) is 5.34. The molecule has 5 N–H and O–H groups in total. The Labute approximate surface area is 131 Å². The Morgan fingerprint density at radius 3 is 2.57 bits per heavy atom. The molecule has 0 spiro atoms. The van der Waals surface area contributed by atoms with Crippen LogP contribution in [0, 0.1) is 10.1 Å². The van der Waals surface area contributed by atoms with Gasteiger partial charge in [-0.25, -0.2) is 0 Å². The maximum atomic E-state index is 11.1. The number of benzene rings is 1. The first-order valence-electron chi connectivity index (χ1n) is 6.78. The molecule has 1 saturated heterocycles. The van der Waals surface area contributed by atoms with Crippen LogP contribution >= 0.6 is 0 Å². The van der Waals surface area contributed by atoms with Gasteiger partial charge in [0.05, 0.1) is 24.7 Å². The summed E-state index contributed by atoms with van der Waals surface area (Å²) in [5, 5.41) is 52.2. The Hall–Kier alpha value is -1.98. The molecule has 0 aliphatic carbocycles. The topological polar surface area (TPSA) is 155 Å². The summed E-state index contributed by atoms with van der Waals surface area (Å²) in [4.78, 5) is 10.5. The third-order valence-electron chi connectivity index (χ3n) is 3.59. The number of nitrogens with zero attached hydrogens (tertiary/aromatic N) is 1. The van der Waals surface area contributed by atoms with Gasteiger partial charge in [0.25, 0.3) is 5.69 Å². The van der Waals surface area contributed by atoms with E-state index in [0.29, 0.717) is 0 Å². The fourth-order valence-electron chi connectivity index (χ4n) is 2.29. The molecule has 1 aliphatic rings. The Morgan fingerprint density at radius 2 is 2.00 bits per heavy atom. The standard InChI is InChI=1S/C13H18N2O8/c1-22-6-2-3-7(8(4-6)15(20)21)14-13-12(19)11(18)10(17)9(5-16)23-13/h2-4,9-14,16-19H,5H2,1H3. The monoisotopic (exact) mass is 330 g/mol. The third-order valence-corrected chi connectivity index (χ3v) is 3.59. The second-order valence-electron chi connectivity index (χ2n) is 5.03. The van der Waals surface area contributed by atoms with E-state index in [9.17, 15) is 25.4 Å². The number of anilines is 1. The molecule has 10 heteroatoms. The van der Waals surface area contributed by atoms with Crippen molar-refractivity contribution in [2.45, 2.75) is 30.6 Å². The number of aliphatic hydroxyl groups excluding tert-OH is 4. The Morgan fingerprint density at radius 1 is 1.30 bits per heavy atom. The van der Waals surface area contributed by atoms with Crippen molar-refractivity contribution in [2.75, 3.05) is 19.0 Å². The molecule has 0 bridgehead atoms. The molecule has 5 atom stereocenters. The largest absolute Gasteiger partial charge is 0.496 e. The van der Waals surface area contributed by atoms with Crippen molar-refractivity contribution in [1.82, 2.24) is 0 Å². The van der Waals surface area contributed by atoms with Gasteiger partial charge in [0, 0.05) is 0 Å². The summed E-state index contributed by atoms with van der Waals surface area (Å²) >= 11 is 0. The van der Waals surface area contributed by atoms with Crippen molar-refractivity contribution in [2.24, 2.45) is 0 Å². The zero-order chi connectivity index (χ0) is 17.1. The molecule has 0 amide bonds. The van der Waals surface area contributed by atoms with E-state index in [-0.39, 0.29) is 17.1 Å². The number of methoxy groups -OCH3 is 1. The number of nitro groups is 1. The van der Waals surface area contributed by atoms with Gasteiger partial charge in [-0.2, -0.15) is 0 Å². The zero-order valence-electron chi connectivity index (χ0n) is 12.2. The first-order chi connectivity index (χ1) is 10.9. The highest BCUT2D eigenvalue weighted by molar-refractivity contribution is 5.64. The van der Waals surface area contributed by atoms with Crippen LogP contribution in [-0.2, 0) is 4.74 Å². The normalized spacial score (nSPS) is 30.7. The maximum absolute atomic E-state index is 11.1. The molecule has 1 fully saturated rings. The first-order valence-corrected chi connectivity index (χ1v) is 6.78. The lowest BCUT2D eigenvalue weighted by atomic mass is 9.98. The van der Waals surface area contributed by atoms with Crippen LogP contribution in [0.25, 0.3) is 0 Å². The highest BCUT2D eigenvalue weighted by atomic mass is 16.6. The minimum absolute atomic E-state index is 0.0279. The van der Waals surface area contributed by atoms with E-state index >= 15 is 0 Å². The number of aliphatic hydroxyl groups is 4. The molecule has 23 heavy (non-hydrogen) atoms. The van der Waals surface area contributed by atoms with Crippen LogP contribution in [0.4, 0.5) is 11.4 Å². The average molecular weight is 330 g/mol. The SMILES string of the molecule is COc1ccc(NC2OC(CO)C(O)C(O)C2O)c([N+](=O)[O-])c1. The summed E-state index contributed by atoms with van der Waals surface area (Å²) in [6, 6.07) is 4.02. The molecule has 2 rings (SSSR count). The van der Waals surface area contributed by atoms with Crippen LogP contribution in [0.15, 0.2) is 18.2 Å². The summed E-state index contributed by atoms with van der Waals surface area (Å²) in [7, 11) is 1.36.